The quantitative estimate of drug-likeness (QED) is 0.114. The summed E-state index contributed by atoms with van der Waals surface area (Å²) >= 11 is 0. The van der Waals surface area contributed by atoms with Crippen molar-refractivity contribution in [2.24, 2.45) is 0 Å². The van der Waals surface area contributed by atoms with E-state index in [9.17, 15) is 0 Å². The number of hydrogen-bond donors (Lipinski definition) is 0. The Bertz CT molecular complexity index is 3270. The maximum absolute atomic E-state index is 2.41. The van der Waals surface area contributed by atoms with Gasteiger partial charge in [-0.1, -0.05) is 246 Å². The van der Waals surface area contributed by atoms with Gasteiger partial charge in [0.1, 0.15) is 0 Å². The molecule has 0 bridgehead atoms. The first-order valence-corrected chi connectivity index (χ1v) is 29.9. The summed E-state index contributed by atoms with van der Waals surface area (Å²) in [6.45, 7) is 8.00. The summed E-state index contributed by atoms with van der Waals surface area (Å²) in [5.41, 5.74) is 9.60. The fraction of sp³-hybridized carbons (Fsp3) is 0.0541. The van der Waals surface area contributed by atoms with E-state index in [-0.39, 0.29) is 0 Å². The maximum atomic E-state index is 2.41. The van der Waals surface area contributed by atoms with Crippen LogP contribution in [0.5, 0.6) is 0 Å². The van der Waals surface area contributed by atoms with Crippen LogP contribution in [-0.4, -0.2) is 0 Å². The Morgan fingerprint density at radius 1 is 0.158 bits per heavy atom. The van der Waals surface area contributed by atoms with Gasteiger partial charge in [0.25, 0.3) is 0 Å². The van der Waals surface area contributed by atoms with Crippen molar-refractivity contribution >= 4 is 30.8 Å². The van der Waals surface area contributed by atoms with E-state index in [0.717, 1.165) is 0 Å². The van der Waals surface area contributed by atoms with Gasteiger partial charge in [-0.05, 0) is 152 Å². The van der Waals surface area contributed by atoms with E-state index in [1.165, 1.54) is 94.4 Å². The standard InChI is InChI=1S/C70H52S2.2C2H6/c1-9-27-53(28-10-1)69-67(55-45-49-63(50-46-55)71(57-31-13-3-14-32-57,58-33-15-4-16-34-58)59-35-17-5-18-36-59)65-43-25-26-44-66(65)68(70(69)54-29-11-2-12-30-54)56-47-51-64(52-48-56)72(60-37-19-6-20-38-60,61-39-21-7-22-40-61)62-41-23-8-24-42-62;2*1-2/h1-52H;2*1-2H3. The lowest BCUT2D eigenvalue weighted by molar-refractivity contribution is 1.24. The Hall–Kier alpha value is -8.40. The predicted octanol–water partition coefficient (Wildman–Crippen LogP) is 22.2. The molecule has 0 amide bonds. The van der Waals surface area contributed by atoms with Crippen LogP contribution >= 0.6 is 20.1 Å². The molecule has 0 unspecified atom stereocenters. The van der Waals surface area contributed by atoms with Crippen molar-refractivity contribution in [3.05, 3.63) is 315 Å². The highest BCUT2D eigenvalue weighted by atomic mass is 32.3. The molecule has 12 aromatic carbocycles. The molecule has 0 aliphatic heterocycles. The molecule has 0 nitrogen and oxygen atoms in total. The molecule has 0 fully saturated rings. The minimum absolute atomic E-state index is 1.18. The van der Waals surface area contributed by atoms with Gasteiger partial charge in [-0.3, -0.25) is 0 Å². The van der Waals surface area contributed by atoms with Crippen LogP contribution in [0, 0.1) is 0 Å². The monoisotopic (exact) mass is 1020 g/mol. The number of fused-ring (bicyclic) bond motifs is 1. The van der Waals surface area contributed by atoms with Crippen molar-refractivity contribution < 1.29 is 0 Å². The smallest absolute Gasteiger partial charge is 0.00233 e. The molecule has 0 heterocycles. The molecule has 76 heavy (non-hydrogen) atoms. The van der Waals surface area contributed by atoms with E-state index < -0.39 is 20.1 Å². The molecule has 0 atom stereocenters. The first kappa shape index (κ1) is 51.1. The highest BCUT2D eigenvalue weighted by molar-refractivity contribution is 8.34. The summed E-state index contributed by atoms with van der Waals surface area (Å²) in [6.07, 6.45) is 0. The van der Waals surface area contributed by atoms with E-state index >= 15 is 0 Å². The van der Waals surface area contributed by atoms with Crippen LogP contribution in [0.3, 0.4) is 0 Å². The molecule has 0 aliphatic carbocycles. The lowest BCUT2D eigenvalue weighted by Crippen LogP contribution is -2.05. The van der Waals surface area contributed by atoms with Gasteiger partial charge in [0.2, 0.25) is 0 Å². The van der Waals surface area contributed by atoms with Gasteiger partial charge in [0, 0.05) is 39.2 Å². The van der Waals surface area contributed by atoms with Crippen molar-refractivity contribution in [3.8, 4) is 44.5 Å². The van der Waals surface area contributed by atoms with E-state index in [1.54, 1.807) is 0 Å². The maximum Gasteiger partial charge on any atom is 0.00233 e. The fourth-order valence-electron chi connectivity index (χ4n) is 10.9. The summed E-state index contributed by atoms with van der Waals surface area (Å²) in [5.74, 6) is 0. The first-order valence-electron chi connectivity index (χ1n) is 26.6. The molecule has 2 heteroatoms. The fourth-order valence-corrected chi connectivity index (χ4v) is 18.6. The van der Waals surface area contributed by atoms with Crippen LogP contribution in [0.25, 0.3) is 55.3 Å². The minimum atomic E-state index is -1.87. The predicted molar refractivity (Wildman–Crippen MR) is 328 cm³/mol. The number of hydrogen-bond acceptors (Lipinski definition) is 0. The second kappa shape index (κ2) is 23.9. The largest absolute Gasteiger partial charge is 0.133 e. The average Bonchev–Trinajstić information content (AvgIpc) is 3.57. The van der Waals surface area contributed by atoms with Crippen molar-refractivity contribution in [2.45, 2.75) is 66.9 Å². The first-order chi connectivity index (χ1) is 37.8. The van der Waals surface area contributed by atoms with Gasteiger partial charge in [-0.25, -0.2) is 0 Å². The van der Waals surface area contributed by atoms with Gasteiger partial charge in [0.05, 0.1) is 0 Å². The van der Waals surface area contributed by atoms with Gasteiger partial charge in [0.15, 0.2) is 0 Å². The molecular formula is C74H64S2. The Morgan fingerprint density at radius 2 is 0.329 bits per heavy atom. The highest BCUT2D eigenvalue weighted by Crippen LogP contribution is 2.75. The third-order valence-corrected chi connectivity index (χ3v) is 21.7. The van der Waals surface area contributed by atoms with Crippen LogP contribution in [0.4, 0.5) is 0 Å². The molecule has 12 rings (SSSR count). The summed E-state index contributed by atoms with van der Waals surface area (Å²) in [5, 5.41) is 2.43. The zero-order valence-corrected chi connectivity index (χ0v) is 45.5. The Labute approximate surface area is 454 Å². The molecule has 0 N–H and O–H groups in total. The molecule has 0 aromatic heterocycles. The van der Waals surface area contributed by atoms with Gasteiger partial charge in [-0.15, -0.1) is 20.1 Å². The normalized spacial score (nSPS) is 11.6. The zero-order valence-electron chi connectivity index (χ0n) is 43.8. The second-order valence-corrected chi connectivity index (χ2v) is 24.2. The van der Waals surface area contributed by atoms with Crippen LogP contribution < -0.4 is 0 Å². The third-order valence-electron chi connectivity index (χ3n) is 13.9. The van der Waals surface area contributed by atoms with E-state index in [2.05, 4.69) is 315 Å². The molecule has 0 radical (unpaired) electrons. The summed E-state index contributed by atoms with van der Waals surface area (Å²) in [6, 6.07) is 117. The highest BCUT2D eigenvalue weighted by Gasteiger charge is 2.35. The number of rotatable bonds is 12. The van der Waals surface area contributed by atoms with Gasteiger partial charge >= 0.3 is 0 Å². The van der Waals surface area contributed by atoms with Crippen molar-refractivity contribution in [1.29, 1.82) is 0 Å². The molecule has 12 aromatic rings. The second-order valence-electron chi connectivity index (χ2n) is 17.9. The van der Waals surface area contributed by atoms with Crippen LogP contribution in [0.2, 0.25) is 0 Å². The van der Waals surface area contributed by atoms with Crippen molar-refractivity contribution in [2.75, 3.05) is 0 Å². The SMILES string of the molecule is CC.CC.c1ccc(-c2c(-c3ccccc3)c(-c3ccc(S(c4ccccc4)(c4ccccc4)c4ccccc4)cc3)c3ccccc3c2-c2ccc(S(c3ccccc3)(c3ccccc3)c3ccccc3)cc2)cc1. The van der Waals surface area contributed by atoms with Gasteiger partial charge < -0.3 is 0 Å². The summed E-state index contributed by atoms with van der Waals surface area (Å²) in [7, 11) is -3.75. The molecule has 0 spiro atoms. The Balaban J connectivity index is 0.00000161. The van der Waals surface area contributed by atoms with Crippen LogP contribution in [-0.2, 0) is 0 Å². The minimum Gasteiger partial charge on any atom is -0.133 e. The van der Waals surface area contributed by atoms with Crippen LogP contribution in [0.15, 0.2) is 355 Å². The molecular weight excluding hydrogens is 953 g/mol. The zero-order chi connectivity index (χ0) is 52.2. The van der Waals surface area contributed by atoms with Crippen molar-refractivity contribution in [1.82, 2.24) is 0 Å². The topological polar surface area (TPSA) is 0 Å². The lowest BCUT2D eigenvalue weighted by atomic mass is 9.79. The summed E-state index contributed by atoms with van der Waals surface area (Å²) in [4.78, 5) is 10.4. The Kier molecular flexibility index (Phi) is 16.0. The third kappa shape index (κ3) is 9.41. The Morgan fingerprint density at radius 3 is 0.553 bits per heavy atom. The lowest BCUT2D eigenvalue weighted by Gasteiger charge is -2.42. The van der Waals surface area contributed by atoms with E-state index in [1.807, 2.05) is 27.7 Å². The van der Waals surface area contributed by atoms with E-state index in [0.29, 0.717) is 0 Å². The molecule has 0 saturated carbocycles. The average molecular weight is 1020 g/mol. The molecule has 0 saturated heterocycles. The van der Waals surface area contributed by atoms with Gasteiger partial charge in [-0.2, -0.15) is 0 Å². The van der Waals surface area contributed by atoms with Crippen LogP contribution in [0.1, 0.15) is 27.7 Å². The molecule has 372 valence electrons. The van der Waals surface area contributed by atoms with Crippen molar-refractivity contribution in [3.63, 3.8) is 0 Å². The summed E-state index contributed by atoms with van der Waals surface area (Å²) < 4.78 is 0. The molecule has 0 aliphatic rings. The van der Waals surface area contributed by atoms with E-state index in [4.69, 9.17) is 0 Å². The number of benzene rings is 12.